The molecule has 1 aliphatic rings. The number of carboxylic acids is 1. The summed E-state index contributed by atoms with van der Waals surface area (Å²) in [5.41, 5.74) is 0. The molecule has 0 radical (unpaired) electrons. The maximum Gasteiger partial charge on any atom is 0.327 e. The van der Waals surface area contributed by atoms with Gasteiger partial charge in [0.15, 0.2) is 0 Å². The average molecular weight is 303 g/mol. The Balaban J connectivity index is 2.82. The molecule has 2 N–H and O–H groups in total. The van der Waals surface area contributed by atoms with Crippen molar-refractivity contribution in [1.29, 1.82) is 0 Å². The first kappa shape index (κ1) is 16.6. The summed E-state index contributed by atoms with van der Waals surface area (Å²) in [4.78, 5) is 37.6. The highest BCUT2D eigenvalue weighted by atomic mass is 32.2. The second-order valence-corrected chi connectivity index (χ2v) is 5.86. The van der Waals surface area contributed by atoms with E-state index in [0.717, 1.165) is 12.8 Å². The highest BCUT2D eigenvalue weighted by Crippen LogP contribution is 2.32. The lowest BCUT2D eigenvalue weighted by Crippen LogP contribution is -2.52. The van der Waals surface area contributed by atoms with Crippen molar-refractivity contribution in [3.05, 3.63) is 0 Å². The van der Waals surface area contributed by atoms with Crippen molar-refractivity contribution in [1.82, 2.24) is 15.1 Å². The number of thioether (sulfide) groups is 1. The standard InChI is InChI=1S/C12H21N3O4S/c1-4-5-10-15(8(7-20-10)11(17)18)12(19)14(3)6-9(16)13-2/h8,10H,4-7H2,1-3H3,(H,13,16)(H,17,18). The number of carboxylic acid groups (broad SMARTS) is 1. The molecule has 1 fully saturated rings. The van der Waals surface area contributed by atoms with Crippen LogP contribution < -0.4 is 5.32 Å². The van der Waals surface area contributed by atoms with Crippen LogP contribution in [0.4, 0.5) is 4.79 Å². The minimum absolute atomic E-state index is 0.0817. The maximum absolute atomic E-state index is 12.4. The van der Waals surface area contributed by atoms with Crippen LogP contribution in [-0.4, -0.2) is 70.6 Å². The number of carbonyl (C=O) groups is 3. The predicted octanol–water partition coefficient (Wildman–Crippen LogP) is 0.412. The molecule has 1 aliphatic heterocycles. The molecular formula is C12H21N3O4S. The van der Waals surface area contributed by atoms with Crippen molar-refractivity contribution >= 4 is 29.7 Å². The summed E-state index contributed by atoms with van der Waals surface area (Å²) in [7, 11) is 2.99. The molecule has 3 amide bonds. The Morgan fingerprint density at radius 2 is 2.10 bits per heavy atom. The Morgan fingerprint density at radius 3 is 2.60 bits per heavy atom. The Kier molecular flexibility index (Phi) is 6.12. The predicted molar refractivity (Wildman–Crippen MR) is 76.5 cm³/mol. The number of nitrogens with one attached hydrogen (secondary N) is 1. The molecular weight excluding hydrogens is 282 g/mol. The third-order valence-electron chi connectivity index (χ3n) is 3.12. The topological polar surface area (TPSA) is 90.0 Å². The van der Waals surface area contributed by atoms with Crippen molar-refractivity contribution in [2.24, 2.45) is 0 Å². The third kappa shape index (κ3) is 3.78. The number of aliphatic carboxylic acids is 1. The lowest BCUT2D eigenvalue weighted by molar-refractivity contribution is -0.141. The van der Waals surface area contributed by atoms with Crippen LogP contribution in [-0.2, 0) is 9.59 Å². The van der Waals surface area contributed by atoms with Gasteiger partial charge in [0.2, 0.25) is 5.91 Å². The van der Waals surface area contributed by atoms with E-state index in [-0.39, 0.29) is 17.8 Å². The van der Waals surface area contributed by atoms with Gasteiger partial charge in [0.25, 0.3) is 0 Å². The first-order valence-electron chi connectivity index (χ1n) is 6.50. The number of urea groups is 1. The molecule has 2 unspecified atom stereocenters. The van der Waals surface area contributed by atoms with Crippen LogP contribution >= 0.6 is 11.8 Å². The maximum atomic E-state index is 12.4. The molecule has 114 valence electrons. The first-order chi connectivity index (χ1) is 9.42. The summed E-state index contributed by atoms with van der Waals surface area (Å²) in [6.07, 6.45) is 1.61. The fraction of sp³-hybridized carbons (Fsp3) is 0.750. The highest BCUT2D eigenvalue weighted by Gasteiger charge is 2.42. The van der Waals surface area contributed by atoms with Crippen molar-refractivity contribution in [3.8, 4) is 0 Å². The molecule has 2 atom stereocenters. The van der Waals surface area contributed by atoms with Gasteiger partial charge in [-0.25, -0.2) is 9.59 Å². The van der Waals surface area contributed by atoms with E-state index >= 15 is 0 Å². The summed E-state index contributed by atoms with van der Waals surface area (Å²) in [6, 6.07) is -1.24. The molecule has 1 heterocycles. The lowest BCUT2D eigenvalue weighted by atomic mass is 10.2. The first-order valence-corrected chi connectivity index (χ1v) is 7.55. The van der Waals surface area contributed by atoms with Crippen LogP contribution in [0, 0.1) is 0 Å². The SMILES string of the molecule is CCCC1SCC(C(=O)O)N1C(=O)N(C)CC(=O)NC. The number of amides is 3. The van der Waals surface area contributed by atoms with Gasteiger partial charge < -0.3 is 15.3 Å². The number of likely N-dealkylation sites (N-methyl/N-ethyl adjacent to an activating group) is 2. The lowest BCUT2D eigenvalue weighted by Gasteiger charge is -2.31. The molecule has 0 aromatic heterocycles. The van der Waals surface area contributed by atoms with Gasteiger partial charge in [-0.2, -0.15) is 0 Å². The number of rotatable bonds is 5. The molecule has 8 heteroatoms. The van der Waals surface area contributed by atoms with Crippen molar-refractivity contribution in [3.63, 3.8) is 0 Å². The number of hydrogen-bond donors (Lipinski definition) is 2. The smallest absolute Gasteiger partial charge is 0.327 e. The summed E-state index contributed by atoms with van der Waals surface area (Å²) in [6.45, 7) is 1.91. The fourth-order valence-electron chi connectivity index (χ4n) is 2.04. The van der Waals surface area contributed by atoms with Crippen LogP contribution in [0.2, 0.25) is 0 Å². The normalized spacial score (nSPS) is 21.6. The minimum atomic E-state index is -1.00. The zero-order chi connectivity index (χ0) is 15.3. The van der Waals surface area contributed by atoms with Crippen LogP contribution in [0.1, 0.15) is 19.8 Å². The Morgan fingerprint density at radius 1 is 1.45 bits per heavy atom. The largest absolute Gasteiger partial charge is 0.480 e. The van der Waals surface area contributed by atoms with Crippen molar-refractivity contribution in [2.75, 3.05) is 26.4 Å². The van der Waals surface area contributed by atoms with Gasteiger partial charge in [0, 0.05) is 19.8 Å². The zero-order valence-corrected chi connectivity index (χ0v) is 12.8. The van der Waals surface area contributed by atoms with Crippen LogP contribution in [0.5, 0.6) is 0 Å². The van der Waals surface area contributed by atoms with E-state index in [4.69, 9.17) is 0 Å². The van der Waals surface area contributed by atoms with E-state index < -0.39 is 18.0 Å². The van der Waals surface area contributed by atoms with E-state index in [2.05, 4.69) is 5.32 Å². The Bertz CT molecular complexity index is 391. The summed E-state index contributed by atoms with van der Waals surface area (Å²) in [5.74, 6) is -0.899. The van der Waals surface area contributed by atoms with Crippen LogP contribution in [0.25, 0.3) is 0 Å². The van der Waals surface area contributed by atoms with Crippen molar-refractivity contribution < 1.29 is 19.5 Å². The van der Waals surface area contributed by atoms with Gasteiger partial charge in [-0.1, -0.05) is 13.3 Å². The van der Waals surface area contributed by atoms with Crippen molar-refractivity contribution in [2.45, 2.75) is 31.2 Å². The van der Waals surface area contributed by atoms with Gasteiger partial charge in [-0.3, -0.25) is 9.69 Å². The monoisotopic (exact) mass is 303 g/mol. The van der Waals surface area contributed by atoms with E-state index in [1.807, 2.05) is 6.92 Å². The quantitative estimate of drug-likeness (QED) is 0.768. The van der Waals surface area contributed by atoms with E-state index in [0.29, 0.717) is 5.75 Å². The molecule has 1 rings (SSSR count). The summed E-state index contributed by atoms with van der Waals surface area (Å²) in [5, 5.41) is 11.5. The number of carbonyl (C=O) groups excluding carboxylic acids is 2. The zero-order valence-electron chi connectivity index (χ0n) is 12.0. The average Bonchev–Trinajstić information content (AvgIpc) is 2.81. The third-order valence-corrected chi connectivity index (χ3v) is 4.48. The Hall–Kier alpha value is -1.44. The Labute approximate surface area is 122 Å². The van der Waals surface area contributed by atoms with E-state index in [1.54, 1.807) is 0 Å². The molecule has 7 nitrogen and oxygen atoms in total. The number of hydrogen-bond acceptors (Lipinski definition) is 4. The van der Waals surface area contributed by atoms with Gasteiger partial charge in [0.05, 0.1) is 5.37 Å². The second-order valence-electron chi connectivity index (χ2n) is 4.65. The molecule has 0 saturated carbocycles. The molecule has 0 spiro atoms. The molecule has 0 aromatic rings. The second kappa shape index (κ2) is 7.37. The highest BCUT2D eigenvalue weighted by molar-refractivity contribution is 8.00. The van der Waals surface area contributed by atoms with Crippen LogP contribution in [0.15, 0.2) is 0 Å². The van der Waals surface area contributed by atoms with E-state index in [1.165, 1.54) is 35.7 Å². The number of nitrogens with zero attached hydrogens (tertiary/aromatic N) is 2. The van der Waals surface area contributed by atoms with Crippen LogP contribution in [0.3, 0.4) is 0 Å². The van der Waals surface area contributed by atoms with Gasteiger partial charge >= 0.3 is 12.0 Å². The molecule has 0 aliphatic carbocycles. The van der Waals surface area contributed by atoms with Gasteiger partial charge in [-0.15, -0.1) is 11.8 Å². The molecule has 0 bridgehead atoms. The van der Waals surface area contributed by atoms with E-state index in [9.17, 15) is 19.5 Å². The fourth-order valence-corrected chi connectivity index (χ4v) is 3.55. The molecule has 0 aromatic carbocycles. The summed E-state index contributed by atoms with van der Waals surface area (Å²) >= 11 is 1.48. The van der Waals surface area contributed by atoms with Gasteiger partial charge in [-0.05, 0) is 6.42 Å². The van der Waals surface area contributed by atoms with Gasteiger partial charge in [0.1, 0.15) is 12.6 Å². The molecule has 1 saturated heterocycles. The summed E-state index contributed by atoms with van der Waals surface area (Å²) < 4.78 is 0. The molecule has 20 heavy (non-hydrogen) atoms. The minimum Gasteiger partial charge on any atom is -0.480 e.